The van der Waals surface area contributed by atoms with Crippen molar-refractivity contribution in [3.63, 3.8) is 0 Å². The summed E-state index contributed by atoms with van der Waals surface area (Å²) in [6.07, 6.45) is -4.31. The van der Waals surface area contributed by atoms with Crippen LogP contribution in [0.5, 0.6) is 11.5 Å². The number of ketones is 1. The van der Waals surface area contributed by atoms with Crippen LogP contribution in [0.4, 0.5) is 13.2 Å². The van der Waals surface area contributed by atoms with Gasteiger partial charge in [-0.15, -0.1) is 0 Å². The van der Waals surface area contributed by atoms with E-state index in [1.807, 2.05) is 0 Å². The molecule has 0 amide bonds. The summed E-state index contributed by atoms with van der Waals surface area (Å²) in [7, 11) is 1.23. The molecule has 1 N–H and O–H groups in total. The molecule has 8 heteroatoms. The van der Waals surface area contributed by atoms with E-state index in [1.54, 1.807) is 0 Å². The van der Waals surface area contributed by atoms with Crippen molar-refractivity contribution in [2.45, 2.75) is 6.18 Å². The average molecular weight is 313 g/mol. The Kier molecular flexibility index (Phi) is 3.94. The number of methoxy groups -OCH3 is 1. The van der Waals surface area contributed by atoms with Crippen LogP contribution in [0.1, 0.15) is 21.6 Å². The Morgan fingerprint density at radius 1 is 1.32 bits per heavy atom. The molecule has 0 radical (unpaired) electrons. The minimum atomic E-state index is -4.98. The van der Waals surface area contributed by atoms with E-state index in [9.17, 15) is 28.3 Å². The molecule has 1 aromatic heterocycles. The number of hydrogen-bond acceptors (Lipinski definition) is 4. The largest absolute Gasteiger partial charge is 0.618 e. The van der Waals surface area contributed by atoms with Crippen LogP contribution in [0.3, 0.4) is 0 Å². The molecule has 2 rings (SSSR count). The standard InChI is InChI=1S/C14H10F3NO4/c1-22-11-7-8(4-5-10(11)19)12(20)9-3-2-6-18(21)13(9)14(15,16)17/h2-7,19H,1H3. The first-order valence-electron chi connectivity index (χ1n) is 5.96. The zero-order valence-corrected chi connectivity index (χ0v) is 11.2. The second kappa shape index (κ2) is 5.55. The predicted octanol–water partition coefficient (Wildman–Crippen LogP) is 2.28. The third kappa shape index (κ3) is 2.80. The number of phenols is 1. The van der Waals surface area contributed by atoms with Crippen LogP contribution in [0.15, 0.2) is 36.5 Å². The van der Waals surface area contributed by atoms with E-state index < -0.39 is 27.9 Å². The molecule has 0 bridgehead atoms. The summed E-state index contributed by atoms with van der Waals surface area (Å²) in [5.41, 5.74) is -2.52. The zero-order chi connectivity index (χ0) is 16.5. The SMILES string of the molecule is COc1cc(C(=O)c2ccc[n+]([O-])c2C(F)(F)F)ccc1O. The molecule has 0 unspecified atom stereocenters. The molecule has 1 heterocycles. The lowest BCUT2D eigenvalue weighted by Crippen LogP contribution is -2.38. The summed E-state index contributed by atoms with van der Waals surface area (Å²) < 4.78 is 43.3. The number of rotatable bonds is 3. The molecular formula is C14H10F3NO4. The van der Waals surface area contributed by atoms with Crippen LogP contribution in [-0.4, -0.2) is 18.0 Å². The minimum absolute atomic E-state index is 0.0645. The number of alkyl halides is 3. The second-order valence-corrected chi connectivity index (χ2v) is 4.31. The lowest BCUT2D eigenvalue weighted by Gasteiger charge is -2.12. The number of benzene rings is 1. The van der Waals surface area contributed by atoms with Gasteiger partial charge in [0.2, 0.25) is 0 Å². The normalized spacial score (nSPS) is 11.3. The van der Waals surface area contributed by atoms with Gasteiger partial charge in [0.25, 0.3) is 0 Å². The molecule has 0 aliphatic carbocycles. The Morgan fingerprint density at radius 3 is 2.59 bits per heavy atom. The fraction of sp³-hybridized carbons (Fsp3) is 0.143. The van der Waals surface area contributed by atoms with Crippen LogP contribution in [0.25, 0.3) is 0 Å². The Morgan fingerprint density at radius 2 is 2.00 bits per heavy atom. The molecule has 116 valence electrons. The zero-order valence-electron chi connectivity index (χ0n) is 11.2. The number of aromatic hydroxyl groups is 1. The fourth-order valence-electron chi connectivity index (χ4n) is 1.92. The molecule has 0 saturated carbocycles. The third-order valence-electron chi connectivity index (χ3n) is 2.91. The van der Waals surface area contributed by atoms with E-state index in [2.05, 4.69) is 0 Å². The van der Waals surface area contributed by atoms with Gasteiger partial charge >= 0.3 is 11.9 Å². The highest BCUT2D eigenvalue weighted by Crippen LogP contribution is 2.32. The summed E-state index contributed by atoms with van der Waals surface area (Å²) in [4.78, 5) is 12.3. The summed E-state index contributed by atoms with van der Waals surface area (Å²) in [5.74, 6) is -1.33. The van der Waals surface area contributed by atoms with Crippen LogP contribution >= 0.6 is 0 Å². The summed E-state index contributed by atoms with van der Waals surface area (Å²) in [5, 5.41) is 20.8. The number of pyridine rings is 1. The van der Waals surface area contributed by atoms with E-state index in [-0.39, 0.29) is 17.1 Å². The molecule has 0 aliphatic heterocycles. The van der Waals surface area contributed by atoms with Gasteiger partial charge < -0.3 is 15.1 Å². The maximum atomic E-state index is 13.0. The summed E-state index contributed by atoms with van der Waals surface area (Å²) in [6, 6.07) is 5.32. The Balaban J connectivity index is 2.58. The summed E-state index contributed by atoms with van der Waals surface area (Å²) >= 11 is 0. The summed E-state index contributed by atoms with van der Waals surface area (Å²) in [6.45, 7) is 0. The number of aromatic nitrogens is 1. The van der Waals surface area contributed by atoms with Crippen molar-refractivity contribution in [1.82, 2.24) is 0 Å². The fourth-order valence-corrected chi connectivity index (χ4v) is 1.92. The first-order valence-corrected chi connectivity index (χ1v) is 5.96. The maximum absolute atomic E-state index is 13.0. The van der Waals surface area contributed by atoms with Gasteiger partial charge in [-0.25, -0.2) is 0 Å². The molecule has 0 saturated heterocycles. The van der Waals surface area contributed by atoms with Gasteiger partial charge in [0.05, 0.1) is 7.11 Å². The number of carbonyl (C=O) groups is 1. The van der Waals surface area contributed by atoms with Crippen molar-refractivity contribution in [2.24, 2.45) is 0 Å². The molecular weight excluding hydrogens is 303 g/mol. The van der Waals surface area contributed by atoms with Crippen molar-refractivity contribution in [3.8, 4) is 11.5 Å². The van der Waals surface area contributed by atoms with E-state index in [1.165, 1.54) is 7.11 Å². The number of hydrogen-bond donors (Lipinski definition) is 1. The van der Waals surface area contributed by atoms with Gasteiger partial charge in [0.1, 0.15) is 5.56 Å². The molecule has 0 fully saturated rings. The van der Waals surface area contributed by atoms with Crippen molar-refractivity contribution < 1.29 is 32.5 Å². The lowest BCUT2D eigenvalue weighted by molar-refractivity contribution is -0.629. The Labute approximate surface area is 122 Å². The molecule has 1 aromatic carbocycles. The number of carbonyl (C=O) groups excluding carboxylic acids is 1. The predicted molar refractivity (Wildman–Crippen MR) is 68.5 cm³/mol. The van der Waals surface area contributed by atoms with Crippen LogP contribution in [0.2, 0.25) is 0 Å². The first kappa shape index (κ1) is 15.6. The lowest BCUT2D eigenvalue weighted by atomic mass is 10.0. The number of ether oxygens (including phenoxy) is 1. The van der Waals surface area contributed by atoms with Crippen molar-refractivity contribution >= 4 is 5.78 Å². The topological polar surface area (TPSA) is 73.5 Å². The van der Waals surface area contributed by atoms with E-state index >= 15 is 0 Å². The Bertz CT molecular complexity index is 729. The van der Waals surface area contributed by atoms with Gasteiger partial charge in [-0.05, 0) is 24.3 Å². The quantitative estimate of drug-likeness (QED) is 0.536. The molecule has 5 nitrogen and oxygen atoms in total. The van der Waals surface area contributed by atoms with Gasteiger partial charge in [0.15, 0.2) is 23.5 Å². The molecule has 0 spiro atoms. The van der Waals surface area contributed by atoms with E-state index in [0.717, 1.165) is 30.3 Å². The van der Waals surface area contributed by atoms with Gasteiger partial charge in [-0.2, -0.15) is 17.9 Å². The van der Waals surface area contributed by atoms with Gasteiger partial charge in [-0.1, -0.05) is 0 Å². The van der Waals surface area contributed by atoms with Crippen LogP contribution < -0.4 is 9.47 Å². The maximum Gasteiger partial charge on any atom is 0.479 e. The van der Waals surface area contributed by atoms with Gasteiger partial charge in [-0.3, -0.25) is 4.79 Å². The molecule has 22 heavy (non-hydrogen) atoms. The monoisotopic (exact) mass is 313 g/mol. The van der Waals surface area contributed by atoms with E-state index in [0.29, 0.717) is 6.20 Å². The highest BCUT2D eigenvalue weighted by molar-refractivity contribution is 6.09. The molecule has 0 aliphatic rings. The third-order valence-corrected chi connectivity index (χ3v) is 2.91. The van der Waals surface area contributed by atoms with Crippen LogP contribution in [0, 0.1) is 5.21 Å². The van der Waals surface area contributed by atoms with Crippen molar-refractivity contribution in [1.29, 1.82) is 0 Å². The number of halogens is 3. The number of nitrogens with zero attached hydrogens (tertiary/aromatic N) is 1. The molecule has 0 atom stereocenters. The number of phenolic OH excluding ortho intramolecular Hbond substituents is 1. The van der Waals surface area contributed by atoms with Gasteiger partial charge in [0, 0.05) is 11.6 Å². The molecule has 2 aromatic rings. The second-order valence-electron chi connectivity index (χ2n) is 4.31. The van der Waals surface area contributed by atoms with Crippen LogP contribution in [-0.2, 0) is 6.18 Å². The Hall–Kier alpha value is -2.77. The first-order chi connectivity index (χ1) is 10.3. The smallest absolute Gasteiger partial charge is 0.479 e. The van der Waals surface area contributed by atoms with E-state index in [4.69, 9.17) is 4.74 Å². The highest BCUT2D eigenvalue weighted by atomic mass is 19.4. The highest BCUT2D eigenvalue weighted by Gasteiger charge is 2.44. The van der Waals surface area contributed by atoms with Crippen molar-refractivity contribution in [3.05, 3.63) is 58.6 Å². The van der Waals surface area contributed by atoms with Crippen molar-refractivity contribution in [2.75, 3.05) is 7.11 Å². The minimum Gasteiger partial charge on any atom is -0.618 e. The average Bonchev–Trinajstić information content (AvgIpc) is 2.45.